The molecule has 22 heavy (non-hydrogen) atoms. The molecule has 1 aliphatic rings. The van der Waals surface area contributed by atoms with Crippen molar-refractivity contribution in [3.63, 3.8) is 0 Å². The van der Waals surface area contributed by atoms with E-state index < -0.39 is 9.84 Å². The zero-order valence-electron chi connectivity index (χ0n) is 13.8. The zero-order chi connectivity index (χ0) is 16.6. The van der Waals surface area contributed by atoms with Crippen molar-refractivity contribution < 1.29 is 13.2 Å². The maximum absolute atomic E-state index is 11.7. The molecule has 0 radical (unpaired) electrons. The largest absolute Gasteiger partial charge is 0.357 e. The average Bonchev–Trinajstić information content (AvgIpc) is 2.95. The number of rotatable bonds is 7. The minimum absolute atomic E-state index is 0.0607. The third kappa shape index (κ3) is 6.21. The zero-order valence-corrected chi connectivity index (χ0v) is 14.6. The quantitative estimate of drug-likeness (QED) is 0.505. The van der Waals surface area contributed by atoms with Gasteiger partial charge < -0.3 is 15.5 Å². The Balaban J connectivity index is 2.52. The highest BCUT2D eigenvalue weighted by Gasteiger charge is 2.25. The molecule has 1 aliphatic heterocycles. The molecule has 1 rings (SSSR count). The van der Waals surface area contributed by atoms with E-state index in [2.05, 4.69) is 15.6 Å². The molecule has 128 valence electrons. The van der Waals surface area contributed by atoms with Gasteiger partial charge in [0, 0.05) is 37.8 Å². The van der Waals surface area contributed by atoms with Crippen LogP contribution in [-0.4, -0.2) is 68.9 Å². The van der Waals surface area contributed by atoms with Gasteiger partial charge in [-0.1, -0.05) is 13.8 Å². The summed E-state index contributed by atoms with van der Waals surface area (Å²) in [6.45, 7) is 7.84. The van der Waals surface area contributed by atoms with Gasteiger partial charge in [0.05, 0.1) is 12.3 Å². The predicted molar refractivity (Wildman–Crippen MR) is 88.7 cm³/mol. The Morgan fingerprint density at radius 2 is 2.05 bits per heavy atom. The summed E-state index contributed by atoms with van der Waals surface area (Å²) < 4.78 is 23.0. The molecule has 1 heterocycles. The summed E-state index contributed by atoms with van der Waals surface area (Å²) in [5.41, 5.74) is 0. The van der Waals surface area contributed by atoms with Crippen LogP contribution in [0.25, 0.3) is 0 Å². The first-order valence-electron chi connectivity index (χ1n) is 7.94. The number of nitrogens with one attached hydrogen (secondary N) is 2. The molecule has 0 aliphatic carbocycles. The van der Waals surface area contributed by atoms with Gasteiger partial charge in [0.1, 0.15) is 0 Å². The molecule has 0 saturated carbocycles. The lowest BCUT2D eigenvalue weighted by Crippen LogP contribution is -2.45. The highest BCUT2D eigenvalue weighted by atomic mass is 32.2. The Bertz CT molecular complexity index is 490. The number of amides is 1. The van der Waals surface area contributed by atoms with E-state index in [1.54, 1.807) is 6.92 Å². The number of carbonyl (C=O) groups is 1. The molecule has 0 aromatic rings. The van der Waals surface area contributed by atoms with Gasteiger partial charge in [-0.25, -0.2) is 8.42 Å². The van der Waals surface area contributed by atoms with Gasteiger partial charge in [0.25, 0.3) is 0 Å². The molecule has 0 bridgehead atoms. The van der Waals surface area contributed by atoms with E-state index in [0.29, 0.717) is 25.5 Å². The molecule has 0 aromatic carbocycles. The van der Waals surface area contributed by atoms with Crippen LogP contribution in [0.4, 0.5) is 0 Å². The van der Waals surface area contributed by atoms with Crippen molar-refractivity contribution in [2.75, 3.05) is 37.7 Å². The standard InChI is InChI=1S/C14H28N4O3S/c1-4-13(19)18-9-7-12(11-18)17-14(15-5-2)16-8-10-22(20,21)6-3/h12H,4-11H2,1-3H3,(H2,15,16,17). The van der Waals surface area contributed by atoms with E-state index in [4.69, 9.17) is 0 Å². The molecule has 1 atom stereocenters. The lowest BCUT2D eigenvalue weighted by molar-refractivity contribution is -0.129. The molecule has 8 heteroatoms. The van der Waals surface area contributed by atoms with Crippen molar-refractivity contribution in [1.29, 1.82) is 0 Å². The first-order chi connectivity index (χ1) is 10.4. The number of hydrogen-bond acceptors (Lipinski definition) is 4. The second-order valence-corrected chi connectivity index (χ2v) is 7.79. The summed E-state index contributed by atoms with van der Waals surface area (Å²) in [7, 11) is -3.00. The molecule has 2 N–H and O–H groups in total. The molecule has 0 aromatic heterocycles. The van der Waals surface area contributed by atoms with Crippen LogP contribution in [-0.2, 0) is 14.6 Å². The summed E-state index contributed by atoms with van der Waals surface area (Å²) in [4.78, 5) is 17.8. The van der Waals surface area contributed by atoms with E-state index >= 15 is 0 Å². The number of nitrogens with zero attached hydrogens (tertiary/aromatic N) is 2. The fourth-order valence-corrected chi connectivity index (χ4v) is 2.94. The first kappa shape index (κ1) is 18.7. The minimum Gasteiger partial charge on any atom is -0.357 e. The van der Waals surface area contributed by atoms with Crippen molar-refractivity contribution in [1.82, 2.24) is 15.5 Å². The van der Waals surface area contributed by atoms with Crippen LogP contribution in [0.1, 0.15) is 33.6 Å². The Labute approximate surface area is 133 Å². The molecule has 7 nitrogen and oxygen atoms in total. The second kappa shape index (κ2) is 8.97. The smallest absolute Gasteiger partial charge is 0.222 e. The molecule has 1 unspecified atom stereocenters. The normalized spacial score (nSPS) is 19.3. The molecular weight excluding hydrogens is 304 g/mol. The van der Waals surface area contributed by atoms with Crippen LogP contribution in [0.2, 0.25) is 0 Å². The Morgan fingerprint density at radius 3 is 2.64 bits per heavy atom. The Hall–Kier alpha value is -1.31. The summed E-state index contributed by atoms with van der Waals surface area (Å²) in [6, 6.07) is 0.163. The fourth-order valence-electron chi connectivity index (χ4n) is 2.28. The number of hydrogen-bond donors (Lipinski definition) is 2. The topological polar surface area (TPSA) is 90.9 Å². The van der Waals surface area contributed by atoms with E-state index in [1.807, 2.05) is 18.7 Å². The maximum atomic E-state index is 11.7. The van der Waals surface area contributed by atoms with E-state index in [9.17, 15) is 13.2 Å². The van der Waals surface area contributed by atoms with Crippen molar-refractivity contribution in [3.8, 4) is 0 Å². The SMILES string of the molecule is CCNC(=NCCS(=O)(=O)CC)NC1CCN(C(=O)CC)C1. The van der Waals surface area contributed by atoms with Crippen LogP contribution in [0.3, 0.4) is 0 Å². The van der Waals surface area contributed by atoms with Gasteiger partial charge in [-0.2, -0.15) is 0 Å². The maximum Gasteiger partial charge on any atom is 0.222 e. The molecule has 1 amide bonds. The number of aliphatic imine (C=N–C) groups is 1. The van der Waals surface area contributed by atoms with Gasteiger partial charge in [-0.15, -0.1) is 0 Å². The lowest BCUT2D eigenvalue weighted by atomic mass is 10.3. The van der Waals surface area contributed by atoms with Crippen LogP contribution in [0.5, 0.6) is 0 Å². The molecule has 1 fully saturated rings. The van der Waals surface area contributed by atoms with Gasteiger partial charge in [-0.3, -0.25) is 9.79 Å². The van der Waals surface area contributed by atoms with E-state index in [1.165, 1.54) is 0 Å². The molecule has 0 spiro atoms. The Morgan fingerprint density at radius 1 is 1.32 bits per heavy atom. The van der Waals surface area contributed by atoms with Crippen LogP contribution in [0, 0.1) is 0 Å². The van der Waals surface area contributed by atoms with Gasteiger partial charge in [0.2, 0.25) is 5.91 Å². The van der Waals surface area contributed by atoms with Crippen LogP contribution in [0.15, 0.2) is 4.99 Å². The highest BCUT2D eigenvalue weighted by Crippen LogP contribution is 2.10. The fraction of sp³-hybridized carbons (Fsp3) is 0.857. The summed E-state index contributed by atoms with van der Waals surface area (Å²) >= 11 is 0. The van der Waals surface area contributed by atoms with Gasteiger partial charge >= 0.3 is 0 Å². The summed E-state index contributed by atoms with van der Waals surface area (Å²) in [5.74, 6) is 0.985. The van der Waals surface area contributed by atoms with Crippen molar-refractivity contribution in [3.05, 3.63) is 0 Å². The third-order valence-electron chi connectivity index (χ3n) is 3.64. The van der Waals surface area contributed by atoms with Gasteiger partial charge in [0.15, 0.2) is 15.8 Å². The monoisotopic (exact) mass is 332 g/mol. The highest BCUT2D eigenvalue weighted by molar-refractivity contribution is 7.91. The summed E-state index contributed by atoms with van der Waals surface area (Å²) in [6.07, 6.45) is 1.40. The van der Waals surface area contributed by atoms with E-state index in [-0.39, 0.29) is 30.0 Å². The van der Waals surface area contributed by atoms with Crippen molar-refractivity contribution in [2.45, 2.75) is 39.7 Å². The minimum atomic E-state index is -3.00. The Kier molecular flexibility index (Phi) is 7.64. The van der Waals surface area contributed by atoms with Crippen LogP contribution < -0.4 is 10.6 Å². The first-order valence-corrected chi connectivity index (χ1v) is 9.77. The predicted octanol–water partition coefficient (Wildman–Crippen LogP) is -0.0129. The number of carbonyl (C=O) groups excluding carboxylic acids is 1. The number of likely N-dealkylation sites (tertiary alicyclic amines) is 1. The van der Waals surface area contributed by atoms with Crippen molar-refractivity contribution in [2.24, 2.45) is 4.99 Å². The third-order valence-corrected chi connectivity index (χ3v) is 5.32. The van der Waals surface area contributed by atoms with Crippen LogP contribution >= 0.6 is 0 Å². The molecular formula is C14H28N4O3S. The van der Waals surface area contributed by atoms with Gasteiger partial charge in [-0.05, 0) is 13.3 Å². The summed E-state index contributed by atoms with van der Waals surface area (Å²) in [5, 5.41) is 6.39. The number of guanidine groups is 1. The second-order valence-electron chi connectivity index (χ2n) is 5.32. The number of sulfone groups is 1. The van der Waals surface area contributed by atoms with Crippen molar-refractivity contribution >= 4 is 21.7 Å². The van der Waals surface area contributed by atoms with E-state index in [0.717, 1.165) is 13.0 Å². The lowest BCUT2D eigenvalue weighted by Gasteiger charge is -2.18. The average molecular weight is 332 g/mol. The molecule has 1 saturated heterocycles.